The average molecular weight is 309 g/mol. The van der Waals surface area contributed by atoms with Crippen molar-refractivity contribution in [1.82, 2.24) is 5.32 Å². The second-order valence-corrected chi connectivity index (χ2v) is 5.32. The van der Waals surface area contributed by atoms with Gasteiger partial charge in [0.25, 0.3) is 5.91 Å². The molecule has 1 aliphatic heterocycles. The number of ether oxygens (including phenoxy) is 2. The lowest BCUT2D eigenvalue weighted by atomic mass is 10.1. The van der Waals surface area contributed by atoms with Crippen molar-refractivity contribution in [2.75, 3.05) is 6.54 Å². The maximum absolute atomic E-state index is 11.9. The van der Waals surface area contributed by atoms with Crippen LogP contribution in [0.25, 0.3) is 6.08 Å². The van der Waals surface area contributed by atoms with Gasteiger partial charge in [0.15, 0.2) is 6.10 Å². The van der Waals surface area contributed by atoms with Crippen molar-refractivity contribution in [3.63, 3.8) is 0 Å². The second kappa shape index (κ2) is 7.01. The molecular formula is C19H19NO3. The molecule has 3 rings (SSSR count). The maximum Gasteiger partial charge on any atom is 0.265 e. The zero-order valence-corrected chi connectivity index (χ0v) is 12.8. The molecule has 0 bridgehead atoms. The number of fused-ring (bicyclic) bond motifs is 1. The summed E-state index contributed by atoms with van der Waals surface area (Å²) in [5, 5.41) is 2.73. The van der Waals surface area contributed by atoms with Crippen molar-refractivity contribution in [2.45, 2.75) is 18.9 Å². The first-order valence-electron chi connectivity index (χ1n) is 7.68. The average Bonchev–Trinajstić information content (AvgIpc) is 2.60. The molecule has 4 nitrogen and oxygen atoms in total. The van der Waals surface area contributed by atoms with Gasteiger partial charge in [-0.25, -0.2) is 0 Å². The molecule has 0 radical (unpaired) electrons. The lowest BCUT2D eigenvalue weighted by Crippen LogP contribution is -2.38. The number of carbonyl (C=O) groups is 1. The molecule has 1 aromatic carbocycles. The van der Waals surface area contributed by atoms with Crippen LogP contribution in [0, 0.1) is 0 Å². The van der Waals surface area contributed by atoms with E-state index in [1.165, 1.54) is 0 Å². The highest BCUT2D eigenvalue weighted by Crippen LogP contribution is 2.31. The number of carbonyl (C=O) groups excluding carboxylic acids is 1. The molecule has 4 heteroatoms. The van der Waals surface area contributed by atoms with Gasteiger partial charge in [-0.3, -0.25) is 4.79 Å². The quantitative estimate of drug-likeness (QED) is 0.848. The van der Waals surface area contributed by atoms with E-state index in [4.69, 9.17) is 9.47 Å². The summed E-state index contributed by atoms with van der Waals surface area (Å²) in [7, 11) is 0. The topological polar surface area (TPSA) is 47.6 Å². The van der Waals surface area contributed by atoms with Crippen LogP contribution >= 0.6 is 0 Å². The first-order valence-corrected chi connectivity index (χ1v) is 7.68. The Bertz CT molecular complexity index is 701. The van der Waals surface area contributed by atoms with Crippen LogP contribution in [0.4, 0.5) is 0 Å². The molecule has 0 aromatic heterocycles. The lowest BCUT2D eigenvalue weighted by Gasteiger charge is -2.21. The Morgan fingerprint density at radius 1 is 1.39 bits per heavy atom. The van der Waals surface area contributed by atoms with Crippen LogP contribution in [-0.4, -0.2) is 18.6 Å². The first kappa shape index (κ1) is 15.2. The largest absolute Gasteiger partial charge is 0.476 e. The molecule has 2 aliphatic rings. The zero-order chi connectivity index (χ0) is 16.1. The van der Waals surface area contributed by atoms with Crippen molar-refractivity contribution < 1.29 is 14.3 Å². The van der Waals surface area contributed by atoms with Gasteiger partial charge < -0.3 is 14.8 Å². The van der Waals surface area contributed by atoms with E-state index >= 15 is 0 Å². The van der Waals surface area contributed by atoms with Crippen LogP contribution in [0.15, 0.2) is 60.9 Å². The molecule has 1 aromatic rings. The highest BCUT2D eigenvalue weighted by Gasteiger charge is 2.21. The molecule has 0 saturated heterocycles. The third kappa shape index (κ3) is 3.72. The summed E-state index contributed by atoms with van der Waals surface area (Å²) in [4.78, 5) is 11.9. The van der Waals surface area contributed by atoms with Gasteiger partial charge in [-0.2, -0.15) is 0 Å². The minimum absolute atomic E-state index is 0.176. The molecular weight excluding hydrogens is 290 g/mol. The van der Waals surface area contributed by atoms with E-state index in [0.717, 1.165) is 29.9 Å². The van der Waals surface area contributed by atoms with Crippen molar-refractivity contribution in [1.29, 1.82) is 0 Å². The third-order valence-corrected chi connectivity index (χ3v) is 3.56. The Kier molecular flexibility index (Phi) is 4.62. The molecule has 0 fully saturated rings. The summed E-state index contributed by atoms with van der Waals surface area (Å²) in [5.74, 6) is 2.11. The summed E-state index contributed by atoms with van der Waals surface area (Å²) in [6.07, 6.45) is 12.9. The molecule has 1 atom stereocenters. The monoisotopic (exact) mass is 309 g/mol. The van der Waals surface area contributed by atoms with Gasteiger partial charge in [0.2, 0.25) is 0 Å². The molecule has 1 aliphatic carbocycles. The van der Waals surface area contributed by atoms with E-state index in [2.05, 4.69) is 24.0 Å². The lowest BCUT2D eigenvalue weighted by molar-refractivity contribution is -0.125. The summed E-state index contributed by atoms with van der Waals surface area (Å²) in [5.41, 5.74) is 0.899. The van der Waals surface area contributed by atoms with Crippen LogP contribution in [0.2, 0.25) is 0 Å². The molecule has 0 saturated carbocycles. The Hall–Kier alpha value is -2.75. The number of rotatable bonds is 5. The first-order chi connectivity index (χ1) is 11.3. The van der Waals surface area contributed by atoms with Crippen LogP contribution < -0.4 is 14.8 Å². The van der Waals surface area contributed by atoms with Crippen LogP contribution in [0.1, 0.15) is 18.4 Å². The van der Waals surface area contributed by atoms with Crippen molar-refractivity contribution in [2.24, 2.45) is 0 Å². The van der Waals surface area contributed by atoms with E-state index in [9.17, 15) is 4.79 Å². The second-order valence-electron chi connectivity index (χ2n) is 5.32. The Morgan fingerprint density at radius 2 is 2.30 bits per heavy atom. The minimum atomic E-state index is -0.613. The zero-order valence-electron chi connectivity index (χ0n) is 12.8. The van der Waals surface area contributed by atoms with Gasteiger partial charge in [-0.1, -0.05) is 18.2 Å². The number of nitrogens with one attached hydrogen (secondary N) is 1. The standard InChI is InChI=1S/C19H19NO3/c1-2-12-20-19(21)18-10-8-14-13-16(9-11-17(14)23-18)22-15-6-4-3-5-7-15/h2,4,6-11,13,18H,1,3,5,12H2,(H,20,21). The molecule has 1 heterocycles. The Morgan fingerprint density at radius 3 is 3.09 bits per heavy atom. The van der Waals surface area contributed by atoms with Gasteiger partial charge >= 0.3 is 0 Å². The molecule has 0 spiro atoms. The van der Waals surface area contributed by atoms with Crippen molar-refractivity contribution in [3.8, 4) is 11.5 Å². The van der Waals surface area contributed by atoms with Gasteiger partial charge in [-0.05, 0) is 49.3 Å². The van der Waals surface area contributed by atoms with Crippen LogP contribution in [0.5, 0.6) is 11.5 Å². The summed E-state index contributed by atoms with van der Waals surface area (Å²) in [6.45, 7) is 4.00. The van der Waals surface area contributed by atoms with Gasteiger partial charge in [0.05, 0.1) is 0 Å². The van der Waals surface area contributed by atoms with E-state index in [-0.39, 0.29) is 5.91 Å². The van der Waals surface area contributed by atoms with Crippen LogP contribution in [-0.2, 0) is 4.79 Å². The van der Waals surface area contributed by atoms with Crippen LogP contribution in [0.3, 0.4) is 0 Å². The molecule has 1 unspecified atom stereocenters. The van der Waals surface area contributed by atoms with E-state index in [1.54, 1.807) is 12.2 Å². The number of hydrogen-bond acceptors (Lipinski definition) is 3. The van der Waals surface area contributed by atoms with Gasteiger partial charge in [-0.15, -0.1) is 6.58 Å². The maximum atomic E-state index is 11.9. The van der Waals surface area contributed by atoms with E-state index in [1.807, 2.05) is 30.4 Å². The number of benzene rings is 1. The predicted octanol–water partition coefficient (Wildman–Crippen LogP) is 3.38. The highest BCUT2D eigenvalue weighted by molar-refractivity contribution is 5.85. The number of allylic oxidation sites excluding steroid dienone is 3. The fourth-order valence-corrected chi connectivity index (χ4v) is 2.41. The van der Waals surface area contributed by atoms with Gasteiger partial charge in [0.1, 0.15) is 17.3 Å². The highest BCUT2D eigenvalue weighted by atomic mass is 16.5. The van der Waals surface area contributed by atoms with E-state index in [0.29, 0.717) is 12.3 Å². The normalized spacial score (nSPS) is 18.4. The minimum Gasteiger partial charge on any atom is -0.476 e. The fourth-order valence-electron chi connectivity index (χ4n) is 2.41. The van der Waals surface area contributed by atoms with E-state index < -0.39 is 6.10 Å². The molecule has 1 amide bonds. The Labute approximate surface area is 135 Å². The Balaban J connectivity index is 1.69. The van der Waals surface area contributed by atoms with Crippen molar-refractivity contribution >= 4 is 12.0 Å². The summed E-state index contributed by atoms with van der Waals surface area (Å²) in [6, 6.07) is 5.59. The number of hydrogen-bond donors (Lipinski definition) is 1. The summed E-state index contributed by atoms with van der Waals surface area (Å²) >= 11 is 0. The third-order valence-electron chi connectivity index (χ3n) is 3.56. The fraction of sp³-hybridized carbons (Fsp3) is 0.211. The SMILES string of the molecule is C=CCNC(=O)C1C=Cc2cc(OC3=CCCC=C3)ccc2O1. The molecule has 1 N–H and O–H groups in total. The number of amides is 1. The summed E-state index contributed by atoms with van der Waals surface area (Å²) < 4.78 is 11.6. The molecule has 23 heavy (non-hydrogen) atoms. The predicted molar refractivity (Wildman–Crippen MR) is 90.2 cm³/mol. The van der Waals surface area contributed by atoms with Gasteiger partial charge in [0, 0.05) is 12.1 Å². The molecule has 118 valence electrons. The van der Waals surface area contributed by atoms with Crippen molar-refractivity contribution in [3.05, 3.63) is 66.5 Å². The smallest absolute Gasteiger partial charge is 0.265 e.